The molecule has 5 nitrogen and oxygen atoms in total. The fourth-order valence-electron chi connectivity index (χ4n) is 2.78. The molecule has 25 heavy (non-hydrogen) atoms. The summed E-state index contributed by atoms with van der Waals surface area (Å²) in [4.78, 5) is 13.9. The lowest BCUT2D eigenvalue weighted by atomic mass is 10.0. The van der Waals surface area contributed by atoms with E-state index in [2.05, 4.69) is 10.5 Å². The Balaban J connectivity index is 1.59. The molecule has 1 aliphatic carbocycles. The number of methoxy groups -OCH3 is 1. The van der Waals surface area contributed by atoms with E-state index in [1.807, 2.05) is 23.6 Å². The minimum Gasteiger partial charge on any atom is -0.495 e. The first-order valence-corrected chi connectivity index (χ1v) is 9.04. The molecule has 2 heterocycles. The molecule has 4 rings (SSSR count). The highest BCUT2D eigenvalue weighted by Gasteiger charge is 2.54. The van der Waals surface area contributed by atoms with E-state index in [9.17, 15) is 4.79 Å². The Hall–Kier alpha value is -2.31. The zero-order valence-corrected chi connectivity index (χ0v) is 15.0. The van der Waals surface area contributed by atoms with Crippen LogP contribution in [0.25, 0.3) is 10.6 Å². The molecule has 1 fully saturated rings. The third-order valence-electron chi connectivity index (χ3n) is 4.36. The lowest BCUT2D eigenvalue weighted by Crippen LogP contribution is -2.28. The Morgan fingerprint density at radius 2 is 2.20 bits per heavy atom. The summed E-state index contributed by atoms with van der Waals surface area (Å²) in [6.07, 6.45) is 1.47. The van der Waals surface area contributed by atoms with Crippen molar-refractivity contribution in [2.45, 2.75) is 18.3 Å². The normalized spacial score (nSPS) is 15.0. The summed E-state index contributed by atoms with van der Waals surface area (Å²) in [5.41, 5.74) is 0.564. The van der Waals surface area contributed by atoms with Crippen LogP contribution in [0.2, 0.25) is 5.02 Å². The van der Waals surface area contributed by atoms with Gasteiger partial charge in [0, 0.05) is 11.1 Å². The molecule has 0 spiro atoms. The highest BCUT2D eigenvalue weighted by atomic mass is 35.5. The molecule has 2 aromatic heterocycles. The summed E-state index contributed by atoms with van der Waals surface area (Å²) in [6, 6.07) is 10.9. The van der Waals surface area contributed by atoms with E-state index in [-0.39, 0.29) is 5.91 Å². The Morgan fingerprint density at radius 1 is 1.36 bits per heavy atom. The second-order valence-corrected chi connectivity index (χ2v) is 7.32. The van der Waals surface area contributed by atoms with Crippen LogP contribution in [-0.4, -0.2) is 18.2 Å². The summed E-state index contributed by atoms with van der Waals surface area (Å²) in [5.74, 6) is 1.12. The van der Waals surface area contributed by atoms with Gasteiger partial charge in [0.2, 0.25) is 5.91 Å². The van der Waals surface area contributed by atoms with Gasteiger partial charge in [-0.15, -0.1) is 11.3 Å². The van der Waals surface area contributed by atoms with E-state index < -0.39 is 5.41 Å². The number of thiophene rings is 1. The molecule has 1 aromatic carbocycles. The van der Waals surface area contributed by atoms with Gasteiger partial charge < -0.3 is 14.6 Å². The predicted molar refractivity (Wildman–Crippen MR) is 97.4 cm³/mol. The first kappa shape index (κ1) is 16.2. The van der Waals surface area contributed by atoms with Crippen LogP contribution in [0.5, 0.6) is 5.75 Å². The van der Waals surface area contributed by atoms with E-state index in [0.717, 1.165) is 17.7 Å². The number of amides is 1. The van der Waals surface area contributed by atoms with Crippen molar-refractivity contribution >= 4 is 34.5 Å². The van der Waals surface area contributed by atoms with Crippen LogP contribution in [0.15, 0.2) is 46.3 Å². The Bertz CT molecular complexity index is 916. The summed E-state index contributed by atoms with van der Waals surface area (Å²) >= 11 is 7.60. The monoisotopic (exact) mass is 374 g/mol. The molecule has 0 atom stereocenters. The number of aromatic nitrogens is 1. The van der Waals surface area contributed by atoms with Gasteiger partial charge in [-0.3, -0.25) is 4.79 Å². The fourth-order valence-corrected chi connectivity index (χ4v) is 3.63. The van der Waals surface area contributed by atoms with Crippen molar-refractivity contribution in [2.24, 2.45) is 0 Å². The first-order valence-electron chi connectivity index (χ1n) is 7.78. The molecule has 1 N–H and O–H groups in total. The standard InChI is InChI=1S/C18H15ClN2O3S/c1-23-13-5-4-11(19)9-12(13)20-17(22)18(6-7-18)16-10-14(24-21-16)15-3-2-8-25-15/h2-5,8-10H,6-7H2,1H3,(H,20,22). The molecule has 0 unspecified atom stereocenters. The van der Waals surface area contributed by atoms with Gasteiger partial charge >= 0.3 is 0 Å². The number of anilines is 1. The molecule has 1 saturated carbocycles. The van der Waals surface area contributed by atoms with Gasteiger partial charge in [0.25, 0.3) is 0 Å². The number of nitrogens with zero attached hydrogens (tertiary/aromatic N) is 1. The average Bonchev–Trinajstić information content (AvgIpc) is 3.02. The Morgan fingerprint density at radius 3 is 2.88 bits per heavy atom. The van der Waals surface area contributed by atoms with Crippen LogP contribution in [0, 0.1) is 0 Å². The van der Waals surface area contributed by atoms with E-state index in [1.54, 1.807) is 36.6 Å². The van der Waals surface area contributed by atoms with Crippen molar-refractivity contribution in [3.05, 3.63) is 52.5 Å². The van der Waals surface area contributed by atoms with Gasteiger partial charge in [-0.25, -0.2) is 0 Å². The van der Waals surface area contributed by atoms with Crippen molar-refractivity contribution in [2.75, 3.05) is 12.4 Å². The second kappa shape index (κ2) is 6.20. The number of halogens is 1. The van der Waals surface area contributed by atoms with Crippen LogP contribution < -0.4 is 10.1 Å². The molecule has 0 saturated heterocycles. The number of carbonyl (C=O) groups excluding carboxylic acids is 1. The molecule has 1 amide bonds. The Labute approximate surface area is 153 Å². The van der Waals surface area contributed by atoms with E-state index in [0.29, 0.717) is 27.9 Å². The largest absolute Gasteiger partial charge is 0.495 e. The maximum absolute atomic E-state index is 12.9. The van der Waals surface area contributed by atoms with E-state index >= 15 is 0 Å². The quantitative estimate of drug-likeness (QED) is 0.700. The molecule has 0 aliphatic heterocycles. The van der Waals surface area contributed by atoms with E-state index in [1.165, 1.54) is 0 Å². The van der Waals surface area contributed by atoms with Crippen LogP contribution in [-0.2, 0) is 10.2 Å². The van der Waals surface area contributed by atoms with Gasteiger partial charge in [0.15, 0.2) is 5.76 Å². The van der Waals surface area contributed by atoms with Crippen molar-refractivity contribution in [1.82, 2.24) is 5.16 Å². The summed E-state index contributed by atoms with van der Waals surface area (Å²) < 4.78 is 10.7. The Kier molecular flexibility index (Phi) is 4.01. The minimum atomic E-state index is -0.646. The summed E-state index contributed by atoms with van der Waals surface area (Å²) in [7, 11) is 1.55. The lowest BCUT2D eigenvalue weighted by Gasteiger charge is -2.15. The molecular weight excluding hydrogens is 360 g/mol. The number of rotatable bonds is 5. The van der Waals surface area contributed by atoms with Crippen LogP contribution >= 0.6 is 22.9 Å². The van der Waals surface area contributed by atoms with Crippen LogP contribution in [0.3, 0.4) is 0 Å². The van der Waals surface area contributed by atoms with Crippen molar-refractivity contribution in [1.29, 1.82) is 0 Å². The highest BCUT2D eigenvalue weighted by Crippen LogP contribution is 2.49. The topological polar surface area (TPSA) is 64.4 Å². The summed E-state index contributed by atoms with van der Waals surface area (Å²) in [5, 5.41) is 9.57. The molecule has 0 bridgehead atoms. The molecule has 7 heteroatoms. The number of nitrogens with one attached hydrogen (secondary N) is 1. The lowest BCUT2D eigenvalue weighted by molar-refractivity contribution is -0.118. The number of carbonyl (C=O) groups is 1. The average molecular weight is 375 g/mol. The predicted octanol–water partition coefficient (Wildman–Crippen LogP) is 4.74. The van der Waals surface area contributed by atoms with Gasteiger partial charge in [-0.1, -0.05) is 22.8 Å². The minimum absolute atomic E-state index is 0.126. The molecule has 0 radical (unpaired) electrons. The van der Waals surface area contributed by atoms with Gasteiger partial charge in [0.05, 0.1) is 28.8 Å². The number of hydrogen-bond acceptors (Lipinski definition) is 5. The molecular formula is C18H15ClN2O3S. The smallest absolute Gasteiger partial charge is 0.236 e. The zero-order chi connectivity index (χ0) is 17.4. The fraction of sp³-hybridized carbons (Fsp3) is 0.222. The van der Waals surface area contributed by atoms with Crippen LogP contribution in [0.4, 0.5) is 5.69 Å². The van der Waals surface area contributed by atoms with E-state index in [4.69, 9.17) is 20.9 Å². The van der Waals surface area contributed by atoms with Crippen LogP contribution in [0.1, 0.15) is 18.5 Å². The van der Waals surface area contributed by atoms with Gasteiger partial charge in [-0.05, 0) is 42.5 Å². The van der Waals surface area contributed by atoms with Crippen molar-refractivity contribution < 1.29 is 14.1 Å². The van der Waals surface area contributed by atoms with Gasteiger partial charge in [0.1, 0.15) is 5.75 Å². The molecule has 3 aromatic rings. The highest BCUT2D eigenvalue weighted by molar-refractivity contribution is 7.13. The zero-order valence-electron chi connectivity index (χ0n) is 13.4. The third kappa shape index (κ3) is 2.92. The number of ether oxygens (including phenoxy) is 1. The van der Waals surface area contributed by atoms with Gasteiger partial charge in [-0.2, -0.15) is 0 Å². The maximum Gasteiger partial charge on any atom is 0.236 e. The van der Waals surface area contributed by atoms with Crippen molar-refractivity contribution in [3.63, 3.8) is 0 Å². The van der Waals surface area contributed by atoms with Crippen molar-refractivity contribution in [3.8, 4) is 16.4 Å². The number of hydrogen-bond donors (Lipinski definition) is 1. The second-order valence-electron chi connectivity index (χ2n) is 5.93. The molecule has 1 aliphatic rings. The molecule has 128 valence electrons. The third-order valence-corrected chi connectivity index (χ3v) is 5.48. The SMILES string of the molecule is COc1ccc(Cl)cc1NC(=O)C1(c2cc(-c3cccs3)on2)CC1. The first-order chi connectivity index (χ1) is 12.1. The number of benzene rings is 1. The maximum atomic E-state index is 12.9. The summed E-state index contributed by atoms with van der Waals surface area (Å²) in [6.45, 7) is 0.